The molecule has 29 heavy (non-hydrogen) atoms. The second kappa shape index (κ2) is 7.27. The van der Waals surface area contributed by atoms with Gasteiger partial charge in [-0.15, -0.1) is 0 Å². The average molecular weight is 390 g/mol. The molecule has 0 radical (unpaired) electrons. The molecule has 0 aliphatic heterocycles. The molecule has 0 aliphatic rings. The zero-order valence-corrected chi connectivity index (χ0v) is 15.9. The first kappa shape index (κ1) is 18.5. The van der Waals surface area contributed by atoms with Gasteiger partial charge in [-0.25, -0.2) is 14.3 Å². The Hall–Kier alpha value is -3.87. The van der Waals surface area contributed by atoms with Crippen molar-refractivity contribution in [3.8, 4) is 11.4 Å². The van der Waals surface area contributed by atoms with Crippen LogP contribution in [0.3, 0.4) is 0 Å². The number of ether oxygens (including phenoxy) is 1. The molecule has 7 heteroatoms. The Kier molecular flexibility index (Phi) is 4.64. The molecule has 0 saturated carbocycles. The summed E-state index contributed by atoms with van der Waals surface area (Å²) in [5, 5.41) is 14.6. The third kappa shape index (κ3) is 3.50. The summed E-state index contributed by atoms with van der Waals surface area (Å²) in [5.41, 5.74) is 2.60. The molecule has 0 bridgehead atoms. The van der Waals surface area contributed by atoms with E-state index in [1.54, 1.807) is 24.6 Å². The third-order valence-corrected chi connectivity index (χ3v) is 4.67. The summed E-state index contributed by atoms with van der Waals surface area (Å²) in [6, 6.07) is 15.2. The van der Waals surface area contributed by atoms with Crippen LogP contribution in [0, 0.1) is 13.8 Å². The summed E-state index contributed by atoms with van der Waals surface area (Å²) in [6.07, 6.45) is 0. The smallest absolute Gasteiger partial charge is 0.342 e. The molecule has 2 aromatic carbocycles. The highest BCUT2D eigenvalue weighted by Gasteiger charge is 2.21. The molecule has 7 nitrogen and oxygen atoms in total. The Bertz CT molecular complexity index is 1270. The topological polar surface area (TPSA) is 94.6 Å². The van der Waals surface area contributed by atoms with Crippen LogP contribution in [0.25, 0.3) is 16.7 Å². The number of para-hydroxylation sites is 1. The van der Waals surface area contributed by atoms with E-state index >= 15 is 0 Å². The lowest BCUT2D eigenvalue weighted by Gasteiger charge is -2.08. The third-order valence-electron chi connectivity index (χ3n) is 4.67. The number of hydrogen-bond donors (Lipinski definition) is 1. The molecule has 4 rings (SSSR count). The highest BCUT2D eigenvalue weighted by Crippen LogP contribution is 2.23. The van der Waals surface area contributed by atoms with Crippen molar-refractivity contribution < 1.29 is 19.1 Å². The number of aromatic nitrogens is 2. The number of hydrogen-bond acceptors (Lipinski definition) is 6. The standard InChI is InChI=1S/C22H18N2O5/c1-13-21(14(2)24(23-13)16-6-4-3-5-7-16)22(27)28-12-15-10-20(26)29-19-11-17(25)8-9-18(15)19/h3-11,25H,12H2,1-2H3. The van der Waals surface area contributed by atoms with Gasteiger partial charge in [0.2, 0.25) is 0 Å². The molecule has 0 fully saturated rings. The van der Waals surface area contributed by atoms with E-state index in [0.717, 1.165) is 5.69 Å². The number of benzene rings is 2. The van der Waals surface area contributed by atoms with Crippen molar-refractivity contribution in [2.75, 3.05) is 0 Å². The molecule has 0 unspecified atom stereocenters. The first-order valence-corrected chi connectivity index (χ1v) is 8.98. The van der Waals surface area contributed by atoms with Crippen molar-refractivity contribution in [1.82, 2.24) is 9.78 Å². The summed E-state index contributed by atoms with van der Waals surface area (Å²) < 4.78 is 12.3. The van der Waals surface area contributed by atoms with Crippen molar-refractivity contribution in [1.29, 1.82) is 0 Å². The fraction of sp³-hybridized carbons (Fsp3) is 0.136. The number of aryl methyl sites for hydroxylation is 1. The van der Waals surface area contributed by atoms with Crippen LogP contribution < -0.4 is 5.63 Å². The maximum absolute atomic E-state index is 12.8. The Labute approximate surface area is 165 Å². The number of carbonyl (C=O) groups is 1. The Balaban J connectivity index is 1.63. The first-order chi connectivity index (χ1) is 13.9. The first-order valence-electron chi connectivity index (χ1n) is 8.98. The number of carbonyl (C=O) groups excluding carboxylic acids is 1. The number of phenols is 1. The van der Waals surface area contributed by atoms with E-state index in [2.05, 4.69) is 5.10 Å². The van der Waals surface area contributed by atoms with Crippen LogP contribution in [0.5, 0.6) is 5.75 Å². The molecular formula is C22H18N2O5. The van der Waals surface area contributed by atoms with E-state index in [4.69, 9.17) is 9.15 Å². The highest BCUT2D eigenvalue weighted by atomic mass is 16.5. The molecule has 0 atom stereocenters. The van der Waals surface area contributed by atoms with Gasteiger partial charge in [0.25, 0.3) is 0 Å². The molecule has 4 aromatic rings. The minimum Gasteiger partial charge on any atom is -0.508 e. The van der Waals surface area contributed by atoms with Crippen LogP contribution in [0.4, 0.5) is 0 Å². The van der Waals surface area contributed by atoms with E-state index in [1.807, 2.05) is 30.3 Å². The number of phenolic OH excluding ortho intramolecular Hbond substituents is 1. The van der Waals surface area contributed by atoms with E-state index in [1.165, 1.54) is 18.2 Å². The predicted molar refractivity (Wildman–Crippen MR) is 106 cm³/mol. The molecular weight excluding hydrogens is 372 g/mol. The Morgan fingerprint density at radius 1 is 1.14 bits per heavy atom. The van der Waals surface area contributed by atoms with Crippen molar-refractivity contribution >= 4 is 16.9 Å². The lowest BCUT2D eigenvalue weighted by atomic mass is 10.1. The van der Waals surface area contributed by atoms with Crippen molar-refractivity contribution in [3.05, 3.63) is 87.5 Å². The minimum atomic E-state index is -0.585. The molecule has 0 saturated heterocycles. The van der Waals surface area contributed by atoms with Crippen LogP contribution in [-0.2, 0) is 11.3 Å². The van der Waals surface area contributed by atoms with Crippen LogP contribution in [0.15, 0.2) is 63.8 Å². The van der Waals surface area contributed by atoms with Crippen molar-refractivity contribution in [2.45, 2.75) is 20.5 Å². The van der Waals surface area contributed by atoms with Gasteiger partial charge < -0.3 is 14.3 Å². The quantitative estimate of drug-likeness (QED) is 0.422. The fourth-order valence-corrected chi connectivity index (χ4v) is 3.31. The minimum absolute atomic E-state index is 0.0191. The zero-order valence-electron chi connectivity index (χ0n) is 15.9. The lowest BCUT2D eigenvalue weighted by molar-refractivity contribution is 0.0472. The monoisotopic (exact) mass is 390 g/mol. The average Bonchev–Trinajstić information content (AvgIpc) is 3.00. The van der Waals surface area contributed by atoms with E-state index in [9.17, 15) is 14.7 Å². The summed E-state index contributed by atoms with van der Waals surface area (Å²) in [7, 11) is 0. The second-order valence-electron chi connectivity index (χ2n) is 6.64. The van der Waals surface area contributed by atoms with E-state index in [0.29, 0.717) is 27.9 Å². The van der Waals surface area contributed by atoms with Crippen molar-refractivity contribution in [3.63, 3.8) is 0 Å². The summed E-state index contributed by atoms with van der Waals surface area (Å²) >= 11 is 0. The normalized spacial score (nSPS) is 11.0. The van der Waals surface area contributed by atoms with Gasteiger partial charge in [0.05, 0.1) is 17.1 Å². The fourth-order valence-electron chi connectivity index (χ4n) is 3.31. The molecule has 0 spiro atoms. The van der Waals surface area contributed by atoms with Gasteiger partial charge in [-0.1, -0.05) is 18.2 Å². The van der Waals surface area contributed by atoms with Crippen LogP contribution in [-0.4, -0.2) is 20.9 Å². The number of fused-ring (bicyclic) bond motifs is 1. The predicted octanol–water partition coefficient (Wildman–Crippen LogP) is 3.66. The van der Waals surface area contributed by atoms with E-state index in [-0.39, 0.29) is 17.9 Å². The summed E-state index contributed by atoms with van der Waals surface area (Å²) in [4.78, 5) is 24.6. The van der Waals surface area contributed by atoms with Gasteiger partial charge in [0, 0.05) is 23.1 Å². The summed E-state index contributed by atoms with van der Waals surface area (Å²) in [6.45, 7) is 3.44. The number of rotatable bonds is 4. The molecule has 0 aliphatic carbocycles. The van der Waals surface area contributed by atoms with Gasteiger partial charge in [-0.3, -0.25) is 0 Å². The molecule has 146 valence electrons. The van der Waals surface area contributed by atoms with Crippen molar-refractivity contribution in [2.24, 2.45) is 0 Å². The van der Waals surface area contributed by atoms with Gasteiger partial charge in [-0.05, 0) is 38.1 Å². The molecule has 1 N–H and O–H groups in total. The van der Waals surface area contributed by atoms with Gasteiger partial charge in [0.15, 0.2) is 0 Å². The lowest BCUT2D eigenvalue weighted by Crippen LogP contribution is -2.10. The zero-order chi connectivity index (χ0) is 20.5. The Morgan fingerprint density at radius 2 is 1.90 bits per heavy atom. The maximum atomic E-state index is 12.8. The van der Waals surface area contributed by atoms with Crippen LogP contribution in [0.2, 0.25) is 0 Å². The van der Waals surface area contributed by atoms with E-state index < -0.39 is 11.6 Å². The number of esters is 1. The second-order valence-corrected chi connectivity index (χ2v) is 6.64. The Morgan fingerprint density at radius 3 is 2.66 bits per heavy atom. The van der Waals surface area contributed by atoms with Gasteiger partial charge >= 0.3 is 11.6 Å². The SMILES string of the molecule is Cc1nn(-c2ccccc2)c(C)c1C(=O)OCc1cc(=O)oc2cc(O)ccc12. The van der Waals surface area contributed by atoms with Crippen LogP contribution >= 0.6 is 0 Å². The van der Waals surface area contributed by atoms with Gasteiger partial charge in [0.1, 0.15) is 23.5 Å². The molecule has 2 aromatic heterocycles. The maximum Gasteiger partial charge on any atom is 0.342 e. The highest BCUT2D eigenvalue weighted by molar-refractivity contribution is 5.92. The molecule has 2 heterocycles. The summed E-state index contributed by atoms with van der Waals surface area (Å²) in [5.74, 6) is -0.545. The van der Waals surface area contributed by atoms with Gasteiger partial charge in [-0.2, -0.15) is 5.10 Å². The largest absolute Gasteiger partial charge is 0.508 e. The molecule has 0 amide bonds. The number of aromatic hydroxyl groups is 1. The van der Waals surface area contributed by atoms with Crippen LogP contribution in [0.1, 0.15) is 27.3 Å². The number of nitrogens with zero attached hydrogens (tertiary/aromatic N) is 2.